The minimum atomic E-state index is -1.09. The number of H-pyrrole nitrogens is 1. The normalized spacial score (nSPS) is 28.4. The van der Waals surface area contributed by atoms with Gasteiger partial charge in [-0.15, -0.1) is 0 Å². The van der Waals surface area contributed by atoms with Crippen LogP contribution in [0.4, 0.5) is 0 Å². The van der Waals surface area contributed by atoms with Gasteiger partial charge in [0.25, 0.3) is 5.91 Å². The lowest BCUT2D eigenvalue weighted by molar-refractivity contribution is -0.116. The van der Waals surface area contributed by atoms with Gasteiger partial charge in [-0.05, 0) is 0 Å². The number of rotatable bonds is 2. The fourth-order valence-electron chi connectivity index (χ4n) is 1.90. The summed E-state index contributed by atoms with van der Waals surface area (Å²) in [5.41, 5.74) is -0.894. The largest absolute Gasteiger partial charge is 0.384 e. The molecular weight excluding hydrogens is 254 g/mol. The second kappa shape index (κ2) is 4.11. The van der Waals surface area contributed by atoms with E-state index in [-0.39, 0.29) is 17.2 Å². The number of amides is 1. The van der Waals surface area contributed by atoms with Gasteiger partial charge in [0.05, 0.1) is 5.70 Å². The summed E-state index contributed by atoms with van der Waals surface area (Å²) in [5.74, 6) is -1.11. The number of carbonyl (C=O) groups is 2. The van der Waals surface area contributed by atoms with Gasteiger partial charge in [-0.25, -0.2) is 0 Å². The average Bonchev–Trinajstić information content (AvgIpc) is 3.17. The van der Waals surface area contributed by atoms with Crippen LogP contribution < -0.4 is 10.7 Å². The van der Waals surface area contributed by atoms with Gasteiger partial charge < -0.3 is 15.2 Å². The molecule has 3 N–H and O–H groups in total. The number of ketones is 1. The van der Waals surface area contributed by atoms with E-state index < -0.39 is 29.6 Å². The maximum Gasteiger partial charge on any atom is 0.280 e. The lowest BCUT2D eigenvalue weighted by atomic mass is 10.0. The molecule has 1 aliphatic carbocycles. The Bertz CT molecular complexity index is 650. The second-order valence-corrected chi connectivity index (χ2v) is 4.21. The van der Waals surface area contributed by atoms with E-state index in [1.54, 1.807) is 0 Å². The summed E-state index contributed by atoms with van der Waals surface area (Å²) >= 11 is 0. The summed E-state index contributed by atoms with van der Waals surface area (Å²) in [6.07, 6.45) is 0.0755. The third-order valence-corrected chi connectivity index (χ3v) is 2.93. The first-order chi connectivity index (χ1) is 9.08. The first-order valence-corrected chi connectivity index (χ1v) is 5.52. The second-order valence-electron chi connectivity index (χ2n) is 4.21. The first-order valence-electron chi connectivity index (χ1n) is 5.52. The van der Waals surface area contributed by atoms with Gasteiger partial charge in [0.2, 0.25) is 5.43 Å². The molecule has 3 unspecified atom stereocenters. The molecule has 1 aliphatic heterocycles. The number of epoxide rings is 1. The zero-order valence-corrected chi connectivity index (χ0v) is 9.49. The van der Waals surface area contributed by atoms with E-state index in [0.29, 0.717) is 0 Å². The van der Waals surface area contributed by atoms with Crippen molar-refractivity contribution in [3.8, 4) is 0 Å². The number of aliphatic hydroxyl groups is 1. The summed E-state index contributed by atoms with van der Waals surface area (Å²) in [5, 5.41) is 18.0. The highest BCUT2D eigenvalue weighted by Gasteiger charge is 2.53. The van der Waals surface area contributed by atoms with Crippen molar-refractivity contribution in [3.63, 3.8) is 0 Å². The molecule has 0 bridgehead atoms. The average molecular weight is 263 g/mol. The summed E-state index contributed by atoms with van der Waals surface area (Å²) in [7, 11) is 0. The van der Waals surface area contributed by atoms with Gasteiger partial charge >= 0.3 is 0 Å². The van der Waals surface area contributed by atoms with Crippen molar-refractivity contribution < 1.29 is 19.4 Å². The molecule has 19 heavy (non-hydrogen) atoms. The monoisotopic (exact) mass is 263 g/mol. The molecule has 1 saturated heterocycles. The molecule has 3 atom stereocenters. The Morgan fingerprint density at radius 2 is 2.26 bits per heavy atom. The van der Waals surface area contributed by atoms with Crippen molar-refractivity contribution in [2.24, 2.45) is 0 Å². The number of hydrogen-bond donors (Lipinski definition) is 3. The number of aromatic nitrogens is 2. The van der Waals surface area contributed by atoms with Crippen molar-refractivity contribution in [1.82, 2.24) is 15.5 Å². The van der Waals surface area contributed by atoms with E-state index >= 15 is 0 Å². The predicted octanol–water partition coefficient (Wildman–Crippen LogP) is -1.91. The van der Waals surface area contributed by atoms with Crippen LogP contribution in [0.25, 0.3) is 0 Å². The van der Waals surface area contributed by atoms with E-state index in [1.165, 1.54) is 6.20 Å². The lowest BCUT2D eigenvalue weighted by Gasteiger charge is -2.16. The van der Waals surface area contributed by atoms with Crippen molar-refractivity contribution in [3.05, 3.63) is 40.0 Å². The summed E-state index contributed by atoms with van der Waals surface area (Å²) in [6.45, 7) is 0. The van der Waals surface area contributed by atoms with E-state index in [2.05, 4.69) is 15.5 Å². The van der Waals surface area contributed by atoms with Crippen LogP contribution in [-0.2, 0) is 9.53 Å². The van der Waals surface area contributed by atoms with E-state index in [1.807, 2.05) is 0 Å². The molecule has 8 heteroatoms. The van der Waals surface area contributed by atoms with Gasteiger partial charge in [-0.2, -0.15) is 5.10 Å². The highest BCUT2D eigenvalue weighted by molar-refractivity contribution is 6.00. The quantitative estimate of drug-likeness (QED) is 0.535. The summed E-state index contributed by atoms with van der Waals surface area (Å²) < 4.78 is 4.96. The van der Waals surface area contributed by atoms with Crippen molar-refractivity contribution in [1.29, 1.82) is 0 Å². The van der Waals surface area contributed by atoms with Crippen LogP contribution in [0.15, 0.2) is 28.8 Å². The highest BCUT2D eigenvalue weighted by atomic mass is 16.6. The molecule has 0 radical (unpaired) electrons. The van der Waals surface area contributed by atoms with Crippen LogP contribution in [0.2, 0.25) is 0 Å². The molecule has 0 saturated carbocycles. The van der Waals surface area contributed by atoms with Gasteiger partial charge in [-0.1, -0.05) is 0 Å². The Kier molecular flexibility index (Phi) is 2.54. The first kappa shape index (κ1) is 11.8. The van der Waals surface area contributed by atoms with E-state index in [9.17, 15) is 19.5 Å². The number of hydrogen-bond acceptors (Lipinski definition) is 6. The van der Waals surface area contributed by atoms with Crippen LogP contribution in [0, 0.1) is 0 Å². The minimum Gasteiger partial charge on any atom is -0.384 e. The molecule has 1 amide bonds. The fourth-order valence-corrected chi connectivity index (χ4v) is 1.90. The zero-order valence-electron chi connectivity index (χ0n) is 9.49. The Balaban J connectivity index is 1.82. The number of carbonyl (C=O) groups excluding carboxylic acids is 2. The van der Waals surface area contributed by atoms with Gasteiger partial charge in [-0.3, -0.25) is 19.5 Å². The molecule has 1 aromatic heterocycles. The standard InChI is InChI=1S/C11H9N3O5/c15-5-1-2-12-14-7(5)11(18)13-4-3-6(16)9-10(19-9)8(4)17/h1-3,8-10,17H,(H,12,15)(H,13,18). The molecule has 2 aliphatic rings. The third kappa shape index (κ3) is 1.96. The molecule has 1 fully saturated rings. The third-order valence-electron chi connectivity index (χ3n) is 2.93. The molecule has 3 rings (SSSR count). The SMILES string of the molecule is O=C(NC1=CC(=O)C2OC2C1O)c1n[nH]ccc1=O. The van der Waals surface area contributed by atoms with E-state index in [0.717, 1.165) is 12.1 Å². The molecule has 98 valence electrons. The minimum absolute atomic E-state index is 0.0128. The molecule has 0 aromatic carbocycles. The summed E-state index contributed by atoms with van der Waals surface area (Å²) in [4.78, 5) is 34.6. The Hall–Kier alpha value is -2.32. The zero-order chi connectivity index (χ0) is 13.6. The smallest absolute Gasteiger partial charge is 0.280 e. The number of ether oxygens (including phenoxy) is 1. The van der Waals surface area contributed by atoms with Crippen molar-refractivity contribution in [2.45, 2.75) is 18.3 Å². The van der Waals surface area contributed by atoms with E-state index in [4.69, 9.17) is 4.74 Å². The van der Waals surface area contributed by atoms with Crippen molar-refractivity contribution in [2.75, 3.05) is 0 Å². The van der Waals surface area contributed by atoms with Crippen LogP contribution in [0.1, 0.15) is 10.5 Å². The Morgan fingerprint density at radius 3 is 3.00 bits per heavy atom. The number of aliphatic hydroxyl groups excluding tert-OH is 1. The number of aromatic amines is 1. The number of nitrogens with one attached hydrogen (secondary N) is 2. The molecule has 8 nitrogen and oxygen atoms in total. The number of fused-ring (bicyclic) bond motifs is 1. The van der Waals surface area contributed by atoms with Gasteiger partial charge in [0.1, 0.15) is 18.3 Å². The molecule has 1 aromatic rings. The predicted molar refractivity (Wildman–Crippen MR) is 60.1 cm³/mol. The Labute approximate surface area is 106 Å². The van der Waals surface area contributed by atoms with Crippen LogP contribution in [0.3, 0.4) is 0 Å². The van der Waals surface area contributed by atoms with Crippen LogP contribution >= 0.6 is 0 Å². The van der Waals surface area contributed by atoms with Gasteiger partial charge in [0, 0.05) is 18.3 Å². The summed E-state index contributed by atoms with van der Waals surface area (Å²) in [6, 6.07) is 1.15. The van der Waals surface area contributed by atoms with Crippen molar-refractivity contribution >= 4 is 11.7 Å². The lowest BCUT2D eigenvalue weighted by Crippen LogP contribution is -2.39. The number of nitrogens with zero attached hydrogens (tertiary/aromatic N) is 1. The molecular formula is C11H9N3O5. The molecule has 0 spiro atoms. The fraction of sp³-hybridized carbons (Fsp3) is 0.273. The maximum atomic E-state index is 11.8. The topological polar surface area (TPSA) is 125 Å². The highest BCUT2D eigenvalue weighted by Crippen LogP contribution is 2.33. The van der Waals surface area contributed by atoms with Crippen LogP contribution in [0.5, 0.6) is 0 Å². The van der Waals surface area contributed by atoms with Gasteiger partial charge in [0.15, 0.2) is 11.5 Å². The molecule has 2 heterocycles. The maximum absolute atomic E-state index is 11.8. The van der Waals surface area contributed by atoms with Crippen LogP contribution in [-0.4, -0.2) is 45.3 Å². The Morgan fingerprint density at radius 1 is 1.47 bits per heavy atom.